The second-order valence-corrected chi connectivity index (χ2v) is 7.02. The quantitative estimate of drug-likeness (QED) is 0.665. The van der Waals surface area contributed by atoms with Gasteiger partial charge in [-0.15, -0.1) is 0 Å². The van der Waals surface area contributed by atoms with E-state index in [9.17, 15) is 13.2 Å². The molecule has 0 bridgehead atoms. The second-order valence-electron chi connectivity index (χ2n) is 5.13. The van der Waals surface area contributed by atoms with Crippen molar-refractivity contribution in [2.45, 2.75) is 36.5 Å². The molecule has 1 fully saturated rings. The summed E-state index contributed by atoms with van der Waals surface area (Å²) < 4.78 is 31.3. The number of nitrogens with one attached hydrogen (secondary N) is 2. The summed E-state index contributed by atoms with van der Waals surface area (Å²) in [5.74, 6) is -0.196. The van der Waals surface area contributed by atoms with E-state index in [1.807, 2.05) is 0 Å². The summed E-state index contributed by atoms with van der Waals surface area (Å²) in [4.78, 5) is 12.2. The maximum absolute atomic E-state index is 12.0. The number of carbonyl (C=O) groups is 1. The van der Waals surface area contributed by atoms with Crippen LogP contribution in [0.25, 0.3) is 0 Å². The Kier molecular flexibility index (Phi) is 5.52. The fourth-order valence-corrected chi connectivity index (χ4v) is 3.12. The van der Waals surface area contributed by atoms with Crippen LogP contribution in [0.4, 0.5) is 0 Å². The van der Waals surface area contributed by atoms with Crippen LogP contribution in [0.15, 0.2) is 29.2 Å². The van der Waals surface area contributed by atoms with Gasteiger partial charge in [0.25, 0.3) is 0 Å². The van der Waals surface area contributed by atoms with E-state index < -0.39 is 16.1 Å². The Morgan fingerprint density at radius 3 is 2.82 bits per heavy atom. The predicted octanol–water partition coefficient (Wildman–Crippen LogP) is -0.283. The van der Waals surface area contributed by atoms with Gasteiger partial charge in [-0.3, -0.25) is 4.79 Å². The Hall–Kier alpha value is -1.48. The van der Waals surface area contributed by atoms with Crippen LogP contribution in [0, 0.1) is 0 Å². The van der Waals surface area contributed by atoms with Gasteiger partial charge in [0.05, 0.1) is 11.0 Å². The van der Waals surface area contributed by atoms with E-state index in [-0.39, 0.29) is 23.5 Å². The molecule has 0 spiro atoms. The van der Waals surface area contributed by atoms with Crippen LogP contribution in [-0.2, 0) is 26.1 Å². The molecule has 1 heterocycles. The highest BCUT2D eigenvalue weighted by Crippen LogP contribution is 2.19. The summed E-state index contributed by atoms with van der Waals surface area (Å²) in [7, 11) is -2.13. The summed E-state index contributed by atoms with van der Waals surface area (Å²) in [5, 5.41) is 2.76. The Morgan fingerprint density at radius 2 is 2.18 bits per heavy atom. The largest absolute Gasteiger partial charge is 0.364 e. The molecule has 1 aliphatic rings. The van der Waals surface area contributed by atoms with Gasteiger partial charge in [-0.2, -0.15) is 0 Å². The van der Waals surface area contributed by atoms with Crippen LogP contribution in [0.2, 0.25) is 0 Å². The molecule has 22 heavy (non-hydrogen) atoms. The Balaban J connectivity index is 1.95. The van der Waals surface area contributed by atoms with Crippen molar-refractivity contribution in [2.75, 3.05) is 13.6 Å². The van der Waals surface area contributed by atoms with Crippen LogP contribution >= 0.6 is 0 Å². The van der Waals surface area contributed by atoms with Crippen molar-refractivity contribution >= 4 is 15.9 Å². The number of carbonyl (C=O) groups excluding carboxylic acids is 1. The lowest BCUT2D eigenvalue weighted by Crippen LogP contribution is -2.35. The van der Waals surface area contributed by atoms with Crippen LogP contribution in [-0.4, -0.2) is 40.1 Å². The first kappa shape index (κ1) is 16.9. The zero-order valence-corrected chi connectivity index (χ0v) is 13.2. The van der Waals surface area contributed by atoms with Gasteiger partial charge >= 0.3 is 0 Å². The smallest absolute Gasteiger partial charge is 0.249 e. The average molecular weight is 327 g/mol. The van der Waals surface area contributed by atoms with Crippen molar-refractivity contribution in [1.82, 2.24) is 10.0 Å². The van der Waals surface area contributed by atoms with E-state index in [2.05, 4.69) is 10.0 Å². The average Bonchev–Trinajstić information content (AvgIpc) is 3.02. The molecule has 0 radical (unpaired) electrons. The lowest BCUT2D eigenvalue weighted by Gasteiger charge is -2.13. The molecule has 0 aromatic heterocycles. The summed E-state index contributed by atoms with van der Waals surface area (Å²) in [6, 6.07) is 6.43. The molecule has 1 aliphatic heterocycles. The summed E-state index contributed by atoms with van der Waals surface area (Å²) >= 11 is 0. The third-order valence-corrected chi connectivity index (χ3v) is 5.02. The number of ether oxygens (including phenoxy) is 1. The van der Waals surface area contributed by atoms with Crippen LogP contribution in [0.5, 0.6) is 0 Å². The monoisotopic (exact) mass is 327 g/mol. The Morgan fingerprint density at radius 1 is 1.41 bits per heavy atom. The first-order valence-electron chi connectivity index (χ1n) is 7.12. The van der Waals surface area contributed by atoms with Gasteiger partial charge in [0.2, 0.25) is 15.9 Å². The first-order valence-corrected chi connectivity index (χ1v) is 8.60. The molecule has 1 amide bonds. The van der Waals surface area contributed by atoms with Gasteiger partial charge in [0, 0.05) is 13.1 Å². The summed E-state index contributed by atoms with van der Waals surface area (Å²) in [6.45, 7) is 0.659. The number of hydrogen-bond acceptors (Lipinski definition) is 5. The first-order chi connectivity index (χ1) is 10.5. The molecule has 1 aromatic rings. The molecule has 0 aliphatic carbocycles. The SMILES string of the molecule is CNS(=O)(=O)c1cccc(CNC(=O)[C@@H]2CC[C@H](CN)O2)c1. The second kappa shape index (κ2) is 7.19. The van der Waals surface area contributed by atoms with Gasteiger partial charge in [-0.05, 0) is 37.6 Å². The van der Waals surface area contributed by atoms with Crippen molar-refractivity contribution in [2.24, 2.45) is 5.73 Å². The maximum atomic E-state index is 12.0. The highest BCUT2D eigenvalue weighted by molar-refractivity contribution is 7.89. The van der Waals surface area contributed by atoms with Gasteiger partial charge in [0.1, 0.15) is 6.10 Å². The molecule has 0 saturated carbocycles. The zero-order valence-electron chi connectivity index (χ0n) is 12.4. The number of rotatable bonds is 6. The van der Waals surface area contributed by atoms with Crippen molar-refractivity contribution in [3.8, 4) is 0 Å². The van der Waals surface area contributed by atoms with Crippen LogP contribution in [0.3, 0.4) is 0 Å². The van der Waals surface area contributed by atoms with Crippen molar-refractivity contribution < 1.29 is 17.9 Å². The third-order valence-electron chi connectivity index (χ3n) is 3.61. The molecule has 1 saturated heterocycles. The number of hydrogen-bond donors (Lipinski definition) is 3. The summed E-state index contributed by atoms with van der Waals surface area (Å²) in [5.41, 5.74) is 6.22. The normalized spacial score (nSPS) is 21.7. The van der Waals surface area contributed by atoms with Crippen molar-refractivity contribution in [1.29, 1.82) is 0 Å². The standard InChI is InChI=1S/C14H21N3O4S/c1-16-22(19,20)12-4-2-3-10(7-12)9-17-14(18)13-6-5-11(8-15)21-13/h2-4,7,11,13,16H,5-6,8-9,15H2,1H3,(H,17,18)/t11-,13+/m1/s1. The molecular formula is C14H21N3O4S. The van der Waals surface area contributed by atoms with Gasteiger partial charge in [-0.25, -0.2) is 13.1 Å². The lowest BCUT2D eigenvalue weighted by molar-refractivity contribution is -0.132. The Bertz CT molecular complexity index is 633. The van der Waals surface area contributed by atoms with Crippen LogP contribution < -0.4 is 15.8 Å². The molecule has 8 heteroatoms. The molecule has 2 atom stereocenters. The fraction of sp³-hybridized carbons (Fsp3) is 0.500. The molecule has 1 aromatic carbocycles. The highest BCUT2D eigenvalue weighted by Gasteiger charge is 2.29. The third kappa shape index (κ3) is 4.04. The van der Waals surface area contributed by atoms with Gasteiger partial charge < -0.3 is 15.8 Å². The predicted molar refractivity (Wildman–Crippen MR) is 81.5 cm³/mol. The van der Waals surface area contributed by atoms with E-state index in [4.69, 9.17) is 10.5 Å². The van der Waals surface area contributed by atoms with E-state index >= 15 is 0 Å². The molecule has 4 N–H and O–H groups in total. The van der Waals surface area contributed by atoms with Gasteiger partial charge in [-0.1, -0.05) is 12.1 Å². The van der Waals surface area contributed by atoms with E-state index in [1.165, 1.54) is 19.2 Å². The summed E-state index contributed by atoms with van der Waals surface area (Å²) in [6.07, 6.45) is 0.907. The number of amides is 1. The lowest BCUT2D eigenvalue weighted by atomic mass is 10.2. The topological polar surface area (TPSA) is 111 Å². The minimum atomic E-state index is -3.49. The fourth-order valence-electron chi connectivity index (χ4n) is 2.32. The van der Waals surface area contributed by atoms with Gasteiger partial charge in [0.15, 0.2) is 0 Å². The zero-order chi connectivity index (χ0) is 16.2. The number of nitrogens with two attached hydrogens (primary N) is 1. The van der Waals surface area contributed by atoms with Crippen LogP contribution in [0.1, 0.15) is 18.4 Å². The number of sulfonamides is 1. The van der Waals surface area contributed by atoms with E-state index in [0.717, 1.165) is 6.42 Å². The molecular weight excluding hydrogens is 306 g/mol. The maximum Gasteiger partial charge on any atom is 0.249 e. The molecule has 122 valence electrons. The minimum Gasteiger partial charge on any atom is -0.364 e. The Labute approximate surface area is 130 Å². The van der Waals surface area contributed by atoms with Crippen molar-refractivity contribution in [3.05, 3.63) is 29.8 Å². The molecule has 2 rings (SSSR count). The molecule has 7 nitrogen and oxygen atoms in total. The van der Waals surface area contributed by atoms with E-state index in [1.54, 1.807) is 12.1 Å². The van der Waals surface area contributed by atoms with E-state index in [0.29, 0.717) is 18.5 Å². The number of benzene rings is 1. The van der Waals surface area contributed by atoms with Crippen molar-refractivity contribution in [3.63, 3.8) is 0 Å². The highest BCUT2D eigenvalue weighted by atomic mass is 32.2. The minimum absolute atomic E-state index is 0.0557. The molecule has 0 unspecified atom stereocenters.